The lowest BCUT2D eigenvalue weighted by molar-refractivity contribution is -0.149. The van der Waals surface area contributed by atoms with Crippen LogP contribution in [0.25, 0.3) is 0 Å². The topological polar surface area (TPSA) is 79.0 Å². The monoisotopic (exact) mass is 369 g/mol. The van der Waals surface area contributed by atoms with E-state index in [0.29, 0.717) is 32.7 Å². The molecule has 1 N–H and O–H groups in total. The third-order valence-corrected chi connectivity index (χ3v) is 4.74. The first-order valence-corrected chi connectivity index (χ1v) is 9.89. The Kier molecular flexibility index (Phi) is 10.9. The van der Waals surface area contributed by atoms with Crippen LogP contribution in [0.15, 0.2) is 0 Å². The van der Waals surface area contributed by atoms with E-state index in [1.165, 1.54) is 0 Å². The minimum atomic E-state index is -0.0809. The average Bonchev–Trinajstić information content (AvgIpc) is 2.61. The van der Waals surface area contributed by atoms with Crippen molar-refractivity contribution in [3.8, 4) is 0 Å². The molecule has 0 saturated carbocycles. The number of carbonyl (C=O) groups is 3. The van der Waals surface area contributed by atoms with Crippen molar-refractivity contribution in [2.24, 2.45) is 5.92 Å². The summed E-state index contributed by atoms with van der Waals surface area (Å²) in [6.45, 7) is 10.3. The molecule has 1 saturated heterocycles. The van der Waals surface area contributed by atoms with Crippen LogP contribution in [-0.4, -0.2) is 73.5 Å². The molecule has 0 spiro atoms. The van der Waals surface area contributed by atoms with Crippen LogP contribution in [0.2, 0.25) is 0 Å². The Balaban J connectivity index is 2.24. The molecule has 1 heterocycles. The third kappa shape index (κ3) is 8.65. The van der Waals surface area contributed by atoms with Crippen LogP contribution in [0.5, 0.6) is 0 Å². The molecule has 7 nitrogen and oxygen atoms in total. The van der Waals surface area contributed by atoms with Gasteiger partial charge in [-0.05, 0) is 45.7 Å². The summed E-state index contributed by atoms with van der Waals surface area (Å²) in [4.78, 5) is 39.2. The molecular formula is C19H35N3O4. The van der Waals surface area contributed by atoms with E-state index < -0.39 is 0 Å². The number of carbonyl (C=O) groups excluding carboxylic acids is 3. The molecule has 26 heavy (non-hydrogen) atoms. The normalized spacial score (nSPS) is 15.5. The summed E-state index contributed by atoms with van der Waals surface area (Å²) in [5.74, 6) is 0.0714. The number of hydrogen-bond acceptors (Lipinski definition) is 5. The van der Waals surface area contributed by atoms with Gasteiger partial charge in [0.25, 0.3) is 0 Å². The van der Waals surface area contributed by atoms with Crippen molar-refractivity contribution in [3.63, 3.8) is 0 Å². The zero-order chi connectivity index (χ0) is 19.4. The largest absolute Gasteiger partial charge is 0.466 e. The maximum atomic E-state index is 11.8. The summed E-state index contributed by atoms with van der Waals surface area (Å²) >= 11 is 0. The highest BCUT2D eigenvalue weighted by atomic mass is 16.5. The van der Waals surface area contributed by atoms with Crippen molar-refractivity contribution in [2.75, 3.05) is 45.9 Å². The van der Waals surface area contributed by atoms with Crippen LogP contribution in [0.4, 0.5) is 0 Å². The van der Waals surface area contributed by atoms with Crippen LogP contribution >= 0.6 is 0 Å². The number of likely N-dealkylation sites (tertiary alicyclic amines) is 1. The molecule has 7 heteroatoms. The molecule has 1 aliphatic rings. The minimum Gasteiger partial charge on any atom is -0.466 e. The number of ether oxygens (including phenoxy) is 1. The van der Waals surface area contributed by atoms with E-state index in [1.807, 2.05) is 18.7 Å². The highest BCUT2D eigenvalue weighted by Gasteiger charge is 2.26. The number of hydrogen-bond donors (Lipinski definition) is 1. The Bertz CT molecular complexity index is 448. The van der Waals surface area contributed by atoms with Crippen molar-refractivity contribution >= 4 is 17.8 Å². The Hall–Kier alpha value is -1.63. The number of nitrogens with one attached hydrogen (secondary N) is 1. The SMILES string of the molecule is CCCC(=O)NCCCN(CCN1CCC(C(=O)OCC)CC1)C(C)=O. The molecule has 0 aliphatic carbocycles. The maximum absolute atomic E-state index is 11.8. The van der Waals surface area contributed by atoms with Crippen molar-refractivity contribution in [3.05, 3.63) is 0 Å². The van der Waals surface area contributed by atoms with Gasteiger partial charge in [0.2, 0.25) is 11.8 Å². The maximum Gasteiger partial charge on any atom is 0.309 e. The van der Waals surface area contributed by atoms with Gasteiger partial charge in [0.1, 0.15) is 0 Å². The lowest BCUT2D eigenvalue weighted by Crippen LogP contribution is -2.43. The van der Waals surface area contributed by atoms with Crippen molar-refractivity contribution in [1.82, 2.24) is 15.1 Å². The Morgan fingerprint density at radius 1 is 1.15 bits per heavy atom. The van der Waals surface area contributed by atoms with Gasteiger partial charge in [-0.1, -0.05) is 6.92 Å². The van der Waals surface area contributed by atoms with E-state index in [-0.39, 0.29) is 23.7 Å². The predicted molar refractivity (Wildman–Crippen MR) is 101 cm³/mol. The van der Waals surface area contributed by atoms with Crippen molar-refractivity contribution in [1.29, 1.82) is 0 Å². The molecule has 0 unspecified atom stereocenters. The third-order valence-electron chi connectivity index (χ3n) is 4.74. The molecule has 0 radical (unpaired) electrons. The summed E-state index contributed by atoms with van der Waals surface area (Å²) in [5.41, 5.74) is 0. The van der Waals surface area contributed by atoms with Gasteiger partial charge in [0, 0.05) is 39.5 Å². The first-order valence-electron chi connectivity index (χ1n) is 9.89. The van der Waals surface area contributed by atoms with Gasteiger partial charge >= 0.3 is 5.97 Å². The summed E-state index contributed by atoms with van der Waals surface area (Å²) in [6, 6.07) is 0. The van der Waals surface area contributed by atoms with Gasteiger partial charge in [-0.25, -0.2) is 0 Å². The second-order valence-corrected chi connectivity index (χ2v) is 6.83. The van der Waals surface area contributed by atoms with E-state index in [0.717, 1.165) is 45.3 Å². The fraction of sp³-hybridized carbons (Fsp3) is 0.842. The Morgan fingerprint density at radius 3 is 2.42 bits per heavy atom. The summed E-state index contributed by atoms with van der Waals surface area (Å²) in [7, 11) is 0. The number of rotatable bonds is 11. The highest BCUT2D eigenvalue weighted by molar-refractivity contribution is 5.75. The Morgan fingerprint density at radius 2 is 1.85 bits per heavy atom. The van der Waals surface area contributed by atoms with Crippen LogP contribution in [-0.2, 0) is 19.1 Å². The van der Waals surface area contributed by atoms with Crippen molar-refractivity contribution < 1.29 is 19.1 Å². The first kappa shape index (κ1) is 22.4. The second kappa shape index (κ2) is 12.7. The fourth-order valence-electron chi connectivity index (χ4n) is 3.15. The molecule has 0 bridgehead atoms. The van der Waals surface area contributed by atoms with Crippen molar-refractivity contribution in [2.45, 2.75) is 52.9 Å². The van der Waals surface area contributed by atoms with E-state index in [1.54, 1.807) is 6.92 Å². The quantitative estimate of drug-likeness (QED) is 0.440. The summed E-state index contributed by atoms with van der Waals surface area (Å²) < 4.78 is 5.09. The van der Waals surface area contributed by atoms with Gasteiger partial charge in [0.05, 0.1) is 12.5 Å². The zero-order valence-corrected chi connectivity index (χ0v) is 16.6. The minimum absolute atomic E-state index is 0.0156. The van der Waals surface area contributed by atoms with Gasteiger partial charge in [-0.3, -0.25) is 14.4 Å². The molecule has 1 rings (SSSR count). The van der Waals surface area contributed by atoms with Crippen LogP contribution < -0.4 is 5.32 Å². The van der Waals surface area contributed by atoms with Gasteiger partial charge in [0.15, 0.2) is 0 Å². The number of nitrogens with zero attached hydrogens (tertiary/aromatic N) is 2. The lowest BCUT2D eigenvalue weighted by Gasteiger charge is -2.32. The zero-order valence-electron chi connectivity index (χ0n) is 16.6. The van der Waals surface area contributed by atoms with Crippen LogP contribution in [0, 0.1) is 5.92 Å². The molecule has 1 aliphatic heterocycles. The molecular weight excluding hydrogens is 334 g/mol. The summed E-state index contributed by atoms with van der Waals surface area (Å²) in [6.07, 6.45) is 3.81. The van der Waals surface area contributed by atoms with E-state index in [4.69, 9.17) is 4.74 Å². The average molecular weight is 370 g/mol. The van der Waals surface area contributed by atoms with E-state index >= 15 is 0 Å². The molecule has 1 fully saturated rings. The van der Waals surface area contributed by atoms with Crippen LogP contribution in [0.3, 0.4) is 0 Å². The lowest BCUT2D eigenvalue weighted by atomic mass is 9.97. The van der Waals surface area contributed by atoms with Gasteiger partial charge < -0.3 is 19.9 Å². The van der Waals surface area contributed by atoms with Gasteiger partial charge in [-0.15, -0.1) is 0 Å². The fourth-order valence-corrected chi connectivity index (χ4v) is 3.15. The number of esters is 1. The van der Waals surface area contributed by atoms with E-state index in [2.05, 4.69) is 10.2 Å². The molecule has 0 atom stereocenters. The Labute approximate surface area is 157 Å². The number of piperidine rings is 1. The van der Waals surface area contributed by atoms with E-state index in [9.17, 15) is 14.4 Å². The highest BCUT2D eigenvalue weighted by Crippen LogP contribution is 2.18. The molecule has 150 valence electrons. The molecule has 0 aromatic carbocycles. The smallest absolute Gasteiger partial charge is 0.309 e. The summed E-state index contributed by atoms with van der Waals surface area (Å²) in [5, 5.41) is 2.88. The first-order chi connectivity index (χ1) is 12.5. The molecule has 2 amide bonds. The molecule has 0 aromatic heterocycles. The predicted octanol–water partition coefficient (Wildman–Crippen LogP) is 1.42. The van der Waals surface area contributed by atoms with Gasteiger partial charge in [-0.2, -0.15) is 0 Å². The number of amides is 2. The standard InChI is InChI=1S/C19H35N3O4/c1-4-7-18(24)20-10-6-11-22(16(3)23)15-14-21-12-8-17(9-13-21)19(25)26-5-2/h17H,4-15H2,1-3H3,(H,20,24). The van der Waals surface area contributed by atoms with Crippen LogP contribution in [0.1, 0.15) is 52.9 Å². The second-order valence-electron chi connectivity index (χ2n) is 6.83. The molecule has 0 aromatic rings.